The number of hydrogen-bond donors (Lipinski definition) is 0. The summed E-state index contributed by atoms with van der Waals surface area (Å²) in [6.45, 7) is 7.85. The minimum atomic E-state index is 0.737. The standard InChI is InChI=1S/C14H26N2/c1-12-3-5-14(6-4-12)7-8-16(11-14)13-9-15(2)10-13/h12-13H,3-11H2,1-2H3. The lowest BCUT2D eigenvalue weighted by atomic mass is 9.70. The van der Waals surface area contributed by atoms with Gasteiger partial charge in [0.25, 0.3) is 0 Å². The molecule has 0 bridgehead atoms. The van der Waals surface area contributed by atoms with E-state index in [1.54, 1.807) is 0 Å². The van der Waals surface area contributed by atoms with Crippen molar-refractivity contribution in [3.8, 4) is 0 Å². The zero-order valence-electron chi connectivity index (χ0n) is 10.9. The summed E-state index contributed by atoms with van der Waals surface area (Å²) in [5.41, 5.74) is 0.737. The summed E-state index contributed by atoms with van der Waals surface area (Å²) in [5.74, 6) is 0.995. The van der Waals surface area contributed by atoms with Gasteiger partial charge in [-0.05, 0) is 44.2 Å². The Kier molecular flexibility index (Phi) is 2.75. The van der Waals surface area contributed by atoms with Crippen LogP contribution >= 0.6 is 0 Å². The number of hydrogen-bond acceptors (Lipinski definition) is 2. The van der Waals surface area contributed by atoms with E-state index in [1.165, 1.54) is 58.3 Å². The highest BCUT2D eigenvalue weighted by molar-refractivity contribution is 4.98. The summed E-state index contributed by atoms with van der Waals surface area (Å²) in [5, 5.41) is 0. The summed E-state index contributed by atoms with van der Waals surface area (Å²) in [7, 11) is 2.24. The van der Waals surface area contributed by atoms with E-state index in [0.29, 0.717) is 0 Å². The van der Waals surface area contributed by atoms with Gasteiger partial charge < -0.3 is 4.90 Å². The van der Waals surface area contributed by atoms with Gasteiger partial charge in [-0.15, -0.1) is 0 Å². The lowest BCUT2D eigenvalue weighted by molar-refractivity contribution is 0.0532. The molecule has 2 nitrogen and oxygen atoms in total. The maximum Gasteiger partial charge on any atom is 0.0350 e. The molecule has 1 aliphatic carbocycles. The second-order valence-electron chi connectivity index (χ2n) is 6.78. The molecule has 2 aliphatic heterocycles. The Morgan fingerprint density at radius 3 is 2.38 bits per heavy atom. The highest BCUT2D eigenvalue weighted by Crippen LogP contribution is 2.46. The first-order valence-electron chi connectivity index (χ1n) is 7.09. The number of likely N-dealkylation sites (tertiary alicyclic amines) is 2. The molecular weight excluding hydrogens is 196 g/mol. The van der Waals surface area contributed by atoms with Crippen LogP contribution in [-0.2, 0) is 0 Å². The van der Waals surface area contributed by atoms with Gasteiger partial charge in [0.15, 0.2) is 0 Å². The van der Waals surface area contributed by atoms with E-state index in [-0.39, 0.29) is 0 Å². The number of rotatable bonds is 1. The zero-order chi connectivity index (χ0) is 11.2. The van der Waals surface area contributed by atoms with Crippen molar-refractivity contribution in [2.75, 3.05) is 33.2 Å². The Balaban J connectivity index is 1.56. The van der Waals surface area contributed by atoms with Gasteiger partial charge in [0.2, 0.25) is 0 Å². The quantitative estimate of drug-likeness (QED) is 0.671. The molecule has 1 saturated carbocycles. The van der Waals surface area contributed by atoms with Crippen molar-refractivity contribution in [3.63, 3.8) is 0 Å². The van der Waals surface area contributed by atoms with Crippen LogP contribution in [0.25, 0.3) is 0 Å². The second-order valence-corrected chi connectivity index (χ2v) is 6.78. The average molecular weight is 222 g/mol. The molecule has 0 aromatic carbocycles. The van der Waals surface area contributed by atoms with Gasteiger partial charge in [0.05, 0.1) is 0 Å². The molecule has 0 aromatic heterocycles. The molecular formula is C14H26N2. The van der Waals surface area contributed by atoms with Gasteiger partial charge in [-0.1, -0.05) is 19.8 Å². The highest BCUT2D eigenvalue weighted by atomic mass is 15.3. The van der Waals surface area contributed by atoms with Crippen LogP contribution in [0.15, 0.2) is 0 Å². The van der Waals surface area contributed by atoms with Gasteiger partial charge in [0, 0.05) is 25.7 Å². The Morgan fingerprint density at radius 2 is 1.75 bits per heavy atom. The molecule has 92 valence electrons. The molecule has 1 spiro atoms. The van der Waals surface area contributed by atoms with E-state index < -0.39 is 0 Å². The molecule has 3 aliphatic rings. The van der Waals surface area contributed by atoms with Crippen LogP contribution in [0.1, 0.15) is 39.0 Å². The molecule has 0 atom stereocenters. The third-order valence-corrected chi connectivity index (χ3v) is 5.36. The van der Waals surface area contributed by atoms with Gasteiger partial charge in [-0.2, -0.15) is 0 Å². The molecule has 0 radical (unpaired) electrons. The van der Waals surface area contributed by atoms with Crippen LogP contribution in [0.3, 0.4) is 0 Å². The van der Waals surface area contributed by atoms with Crippen LogP contribution in [0.4, 0.5) is 0 Å². The molecule has 16 heavy (non-hydrogen) atoms. The van der Waals surface area contributed by atoms with Crippen molar-refractivity contribution in [1.29, 1.82) is 0 Å². The van der Waals surface area contributed by atoms with E-state index in [4.69, 9.17) is 0 Å². The smallest absolute Gasteiger partial charge is 0.0350 e. The molecule has 0 amide bonds. The van der Waals surface area contributed by atoms with E-state index >= 15 is 0 Å². The van der Waals surface area contributed by atoms with E-state index in [1.807, 2.05) is 0 Å². The third-order valence-electron chi connectivity index (χ3n) is 5.36. The molecule has 0 aromatic rings. The predicted molar refractivity (Wildman–Crippen MR) is 67.5 cm³/mol. The van der Waals surface area contributed by atoms with Crippen LogP contribution in [0, 0.1) is 11.3 Å². The fourth-order valence-corrected chi connectivity index (χ4v) is 3.96. The monoisotopic (exact) mass is 222 g/mol. The zero-order valence-corrected chi connectivity index (χ0v) is 10.9. The SMILES string of the molecule is CC1CCC2(CC1)CCN(C1CN(C)C1)C2. The maximum atomic E-state index is 2.79. The molecule has 3 fully saturated rings. The minimum Gasteiger partial charge on any atom is -0.303 e. The second kappa shape index (κ2) is 3.99. The number of nitrogens with zero attached hydrogens (tertiary/aromatic N) is 2. The molecule has 3 rings (SSSR count). The van der Waals surface area contributed by atoms with Gasteiger partial charge in [-0.3, -0.25) is 4.90 Å². The Labute approximate surface area is 100.0 Å². The summed E-state index contributed by atoms with van der Waals surface area (Å²) in [6, 6.07) is 0.892. The predicted octanol–water partition coefficient (Wildman–Crippen LogP) is 2.20. The lowest BCUT2D eigenvalue weighted by Gasteiger charge is -2.43. The van der Waals surface area contributed by atoms with E-state index in [0.717, 1.165) is 17.4 Å². The molecule has 2 saturated heterocycles. The summed E-state index contributed by atoms with van der Waals surface area (Å²) >= 11 is 0. The van der Waals surface area contributed by atoms with E-state index in [9.17, 15) is 0 Å². The first-order valence-corrected chi connectivity index (χ1v) is 7.09. The maximum absolute atomic E-state index is 2.79. The first kappa shape index (κ1) is 11.0. The summed E-state index contributed by atoms with van der Waals surface area (Å²) < 4.78 is 0. The van der Waals surface area contributed by atoms with Crippen LogP contribution in [0.2, 0.25) is 0 Å². The van der Waals surface area contributed by atoms with Crippen molar-refractivity contribution < 1.29 is 0 Å². The van der Waals surface area contributed by atoms with Crippen molar-refractivity contribution >= 4 is 0 Å². The fourth-order valence-electron chi connectivity index (χ4n) is 3.96. The van der Waals surface area contributed by atoms with Crippen molar-refractivity contribution in [2.45, 2.75) is 45.1 Å². The molecule has 0 unspecified atom stereocenters. The topological polar surface area (TPSA) is 6.48 Å². The van der Waals surface area contributed by atoms with Crippen molar-refractivity contribution in [1.82, 2.24) is 9.80 Å². The van der Waals surface area contributed by atoms with Gasteiger partial charge in [-0.25, -0.2) is 0 Å². The summed E-state index contributed by atoms with van der Waals surface area (Å²) in [4.78, 5) is 5.23. The number of likely N-dealkylation sites (N-methyl/N-ethyl adjacent to an activating group) is 1. The summed E-state index contributed by atoms with van der Waals surface area (Å²) in [6.07, 6.45) is 7.47. The van der Waals surface area contributed by atoms with E-state index in [2.05, 4.69) is 23.8 Å². The normalized spacial score (nSPS) is 42.8. The fraction of sp³-hybridized carbons (Fsp3) is 1.00. The van der Waals surface area contributed by atoms with Crippen molar-refractivity contribution in [2.24, 2.45) is 11.3 Å². The minimum absolute atomic E-state index is 0.737. The Bertz CT molecular complexity index is 249. The lowest BCUT2D eigenvalue weighted by Crippen LogP contribution is -2.57. The van der Waals surface area contributed by atoms with Crippen LogP contribution < -0.4 is 0 Å². The Morgan fingerprint density at radius 1 is 1.06 bits per heavy atom. The van der Waals surface area contributed by atoms with Crippen LogP contribution in [-0.4, -0.2) is 49.1 Å². The third kappa shape index (κ3) is 1.91. The molecule has 2 heteroatoms. The molecule has 2 heterocycles. The largest absolute Gasteiger partial charge is 0.303 e. The average Bonchev–Trinajstić information content (AvgIpc) is 2.63. The van der Waals surface area contributed by atoms with Crippen LogP contribution in [0.5, 0.6) is 0 Å². The molecule has 0 N–H and O–H groups in total. The van der Waals surface area contributed by atoms with Crippen molar-refractivity contribution in [3.05, 3.63) is 0 Å². The van der Waals surface area contributed by atoms with Gasteiger partial charge in [0.1, 0.15) is 0 Å². The first-order chi connectivity index (χ1) is 7.67. The van der Waals surface area contributed by atoms with Gasteiger partial charge >= 0.3 is 0 Å². The highest BCUT2D eigenvalue weighted by Gasteiger charge is 2.43. The Hall–Kier alpha value is -0.0800.